The molecule has 2 rings (SSSR count). The first kappa shape index (κ1) is 10.9. The lowest BCUT2D eigenvalue weighted by atomic mass is 9.79. The Kier molecular flexibility index (Phi) is 3.62. The van der Waals surface area contributed by atoms with Crippen LogP contribution in [0.1, 0.15) is 44.9 Å². The van der Waals surface area contributed by atoms with Gasteiger partial charge in [-0.25, -0.2) is 0 Å². The molecule has 1 saturated heterocycles. The quantitative estimate of drug-likeness (QED) is 0.764. The molecule has 86 valence electrons. The van der Waals surface area contributed by atoms with Crippen molar-refractivity contribution in [2.75, 3.05) is 13.1 Å². The molecule has 1 saturated carbocycles. The van der Waals surface area contributed by atoms with Crippen LogP contribution in [0.2, 0.25) is 0 Å². The highest BCUT2D eigenvalue weighted by Gasteiger charge is 2.36. The van der Waals surface area contributed by atoms with E-state index < -0.39 is 0 Å². The summed E-state index contributed by atoms with van der Waals surface area (Å²) in [6.45, 7) is 1.62. The van der Waals surface area contributed by atoms with E-state index in [0.29, 0.717) is 24.9 Å². The Bertz CT molecular complexity index is 226. The molecule has 1 heterocycles. The van der Waals surface area contributed by atoms with E-state index in [1.54, 1.807) is 0 Å². The maximum atomic E-state index is 11.9. The first-order chi connectivity index (χ1) is 7.33. The molecule has 0 aromatic carbocycles. The molecule has 2 aliphatic rings. The summed E-state index contributed by atoms with van der Waals surface area (Å²) < 4.78 is 0. The number of nitrogens with two attached hydrogens (primary N) is 1. The zero-order valence-electron chi connectivity index (χ0n) is 9.45. The fourth-order valence-corrected chi connectivity index (χ4v) is 2.81. The highest BCUT2D eigenvalue weighted by molar-refractivity contribution is 5.76. The standard InChI is InChI=1S/C12H22N2O/c13-8-2-7-12(15)14-9-3-6-11(14)10-4-1-5-10/h10-11H,1-9,13H2/t11-/m1/s1. The molecule has 1 aliphatic heterocycles. The summed E-state index contributed by atoms with van der Waals surface area (Å²) in [4.78, 5) is 14.1. The average molecular weight is 210 g/mol. The summed E-state index contributed by atoms with van der Waals surface area (Å²) in [5, 5.41) is 0. The minimum Gasteiger partial charge on any atom is -0.339 e. The third-order valence-corrected chi connectivity index (χ3v) is 3.91. The Labute approximate surface area is 92.0 Å². The zero-order chi connectivity index (χ0) is 10.7. The van der Waals surface area contributed by atoms with E-state index in [0.717, 1.165) is 18.9 Å². The SMILES string of the molecule is NCCCC(=O)N1CCC[C@@H]1C1CCC1. The molecule has 2 N–H and O–H groups in total. The van der Waals surface area contributed by atoms with Crippen molar-refractivity contribution in [2.24, 2.45) is 11.7 Å². The molecule has 1 aliphatic carbocycles. The van der Waals surface area contributed by atoms with Crippen LogP contribution in [-0.2, 0) is 4.79 Å². The van der Waals surface area contributed by atoms with Crippen LogP contribution < -0.4 is 5.73 Å². The van der Waals surface area contributed by atoms with Gasteiger partial charge < -0.3 is 10.6 Å². The summed E-state index contributed by atoms with van der Waals surface area (Å²) in [6, 6.07) is 0.573. The van der Waals surface area contributed by atoms with Crippen molar-refractivity contribution < 1.29 is 4.79 Å². The van der Waals surface area contributed by atoms with Gasteiger partial charge in [0.05, 0.1) is 0 Å². The van der Waals surface area contributed by atoms with Gasteiger partial charge in [-0.2, -0.15) is 0 Å². The second-order valence-electron chi connectivity index (χ2n) is 4.88. The minimum absolute atomic E-state index is 0.342. The molecule has 0 aromatic rings. The average Bonchev–Trinajstić information content (AvgIpc) is 2.60. The molecule has 0 aromatic heterocycles. The number of carbonyl (C=O) groups is 1. The van der Waals surface area contributed by atoms with E-state index in [9.17, 15) is 4.79 Å². The van der Waals surface area contributed by atoms with Crippen LogP contribution >= 0.6 is 0 Å². The topological polar surface area (TPSA) is 46.3 Å². The molecule has 0 radical (unpaired) electrons. The van der Waals surface area contributed by atoms with Gasteiger partial charge in [-0.1, -0.05) is 6.42 Å². The summed E-state index contributed by atoms with van der Waals surface area (Å²) in [6.07, 6.45) is 7.98. The van der Waals surface area contributed by atoms with Crippen LogP contribution in [0.25, 0.3) is 0 Å². The highest BCUT2D eigenvalue weighted by atomic mass is 16.2. The molecule has 3 nitrogen and oxygen atoms in total. The molecule has 3 heteroatoms. The molecular weight excluding hydrogens is 188 g/mol. The van der Waals surface area contributed by atoms with Crippen molar-refractivity contribution in [3.8, 4) is 0 Å². The van der Waals surface area contributed by atoms with Crippen molar-refractivity contribution in [1.82, 2.24) is 4.90 Å². The van der Waals surface area contributed by atoms with Crippen molar-refractivity contribution in [2.45, 2.75) is 51.0 Å². The normalized spacial score (nSPS) is 26.7. The third-order valence-electron chi connectivity index (χ3n) is 3.91. The summed E-state index contributed by atoms with van der Waals surface area (Å²) in [7, 11) is 0. The van der Waals surface area contributed by atoms with Gasteiger partial charge in [-0.15, -0.1) is 0 Å². The predicted octanol–water partition coefficient (Wildman–Crippen LogP) is 1.52. The Morgan fingerprint density at radius 2 is 2.07 bits per heavy atom. The summed E-state index contributed by atoms with van der Waals surface area (Å²) in [5.41, 5.74) is 5.44. The monoisotopic (exact) mass is 210 g/mol. The smallest absolute Gasteiger partial charge is 0.222 e. The van der Waals surface area contributed by atoms with Gasteiger partial charge in [0, 0.05) is 19.0 Å². The number of likely N-dealkylation sites (tertiary alicyclic amines) is 1. The number of carbonyl (C=O) groups excluding carboxylic acids is 1. The molecule has 0 spiro atoms. The molecule has 0 bridgehead atoms. The molecule has 2 fully saturated rings. The van der Waals surface area contributed by atoms with Gasteiger partial charge in [0.15, 0.2) is 0 Å². The second-order valence-corrected chi connectivity index (χ2v) is 4.88. The molecule has 1 amide bonds. The van der Waals surface area contributed by atoms with Crippen molar-refractivity contribution >= 4 is 5.91 Å². The third kappa shape index (κ3) is 2.33. The largest absolute Gasteiger partial charge is 0.339 e. The fourth-order valence-electron chi connectivity index (χ4n) is 2.81. The van der Waals surface area contributed by atoms with Gasteiger partial charge in [0.2, 0.25) is 5.91 Å². The van der Waals surface area contributed by atoms with Gasteiger partial charge in [-0.3, -0.25) is 4.79 Å². The number of hydrogen-bond donors (Lipinski definition) is 1. The first-order valence-electron chi connectivity index (χ1n) is 6.32. The Balaban J connectivity index is 1.86. The molecule has 1 atom stereocenters. The Hall–Kier alpha value is -0.570. The fraction of sp³-hybridized carbons (Fsp3) is 0.917. The minimum atomic E-state index is 0.342. The number of amides is 1. The maximum Gasteiger partial charge on any atom is 0.222 e. The van der Waals surface area contributed by atoms with Crippen LogP contribution in [-0.4, -0.2) is 29.9 Å². The van der Waals surface area contributed by atoms with Gasteiger partial charge in [0.25, 0.3) is 0 Å². The molecule has 15 heavy (non-hydrogen) atoms. The van der Waals surface area contributed by atoms with Gasteiger partial charge in [0.1, 0.15) is 0 Å². The van der Waals surface area contributed by atoms with E-state index in [4.69, 9.17) is 5.73 Å². The van der Waals surface area contributed by atoms with E-state index in [1.807, 2.05) is 0 Å². The molecule has 0 unspecified atom stereocenters. The van der Waals surface area contributed by atoms with Crippen LogP contribution in [0.5, 0.6) is 0 Å². The van der Waals surface area contributed by atoms with Crippen LogP contribution in [0.15, 0.2) is 0 Å². The highest BCUT2D eigenvalue weighted by Crippen LogP contribution is 2.37. The summed E-state index contributed by atoms with van der Waals surface area (Å²) >= 11 is 0. The zero-order valence-corrected chi connectivity index (χ0v) is 9.45. The van der Waals surface area contributed by atoms with Crippen molar-refractivity contribution in [3.63, 3.8) is 0 Å². The van der Waals surface area contributed by atoms with Crippen LogP contribution in [0.3, 0.4) is 0 Å². The lowest BCUT2D eigenvalue weighted by molar-refractivity contribution is -0.133. The lowest BCUT2D eigenvalue weighted by Crippen LogP contribution is -2.42. The van der Waals surface area contributed by atoms with Crippen molar-refractivity contribution in [1.29, 1.82) is 0 Å². The Morgan fingerprint density at radius 3 is 2.67 bits per heavy atom. The van der Waals surface area contributed by atoms with E-state index >= 15 is 0 Å². The second kappa shape index (κ2) is 4.97. The van der Waals surface area contributed by atoms with Crippen LogP contribution in [0.4, 0.5) is 0 Å². The van der Waals surface area contributed by atoms with Crippen molar-refractivity contribution in [3.05, 3.63) is 0 Å². The number of nitrogens with zero attached hydrogens (tertiary/aromatic N) is 1. The number of hydrogen-bond acceptors (Lipinski definition) is 2. The first-order valence-corrected chi connectivity index (χ1v) is 6.32. The van der Waals surface area contributed by atoms with Gasteiger partial charge in [-0.05, 0) is 44.6 Å². The predicted molar refractivity (Wildman–Crippen MR) is 60.4 cm³/mol. The van der Waals surface area contributed by atoms with Crippen LogP contribution in [0, 0.1) is 5.92 Å². The van der Waals surface area contributed by atoms with Gasteiger partial charge >= 0.3 is 0 Å². The number of rotatable bonds is 4. The summed E-state index contributed by atoms with van der Waals surface area (Å²) in [5.74, 6) is 1.16. The Morgan fingerprint density at radius 1 is 1.27 bits per heavy atom. The van der Waals surface area contributed by atoms with E-state index in [1.165, 1.54) is 32.1 Å². The molecular formula is C12H22N2O. The lowest BCUT2D eigenvalue weighted by Gasteiger charge is -2.37. The maximum absolute atomic E-state index is 11.9. The van der Waals surface area contributed by atoms with E-state index in [-0.39, 0.29) is 0 Å². The van der Waals surface area contributed by atoms with E-state index in [2.05, 4.69) is 4.90 Å².